The highest BCUT2D eigenvalue weighted by atomic mass is 16.2. The number of carbonyl (C=O) groups excluding carboxylic acids is 1. The van der Waals surface area contributed by atoms with Crippen molar-refractivity contribution in [1.82, 2.24) is 4.98 Å². The van der Waals surface area contributed by atoms with Crippen molar-refractivity contribution in [3.63, 3.8) is 0 Å². The molecule has 0 aliphatic carbocycles. The lowest BCUT2D eigenvalue weighted by Gasteiger charge is -2.37. The number of fused-ring (bicyclic) bond motifs is 1. The standard InChI is InChI=1S/C16H17N3O2/c1-2-18-9-10-19(14-6-4-3-5-13(14)18)16(21)12-7-8-15(20)17-11-12/h3-8,11H,2,9-10H2,1H3,(H,17,20). The number of hydrogen-bond donors (Lipinski definition) is 1. The van der Waals surface area contributed by atoms with Gasteiger partial charge in [-0.2, -0.15) is 0 Å². The van der Waals surface area contributed by atoms with Crippen LogP contribution in [0.4, 0.5) is 11.4 Å². The van der Waals surface area contributed by atoms with Gasteiger partial charge in [0, 0.05) is 31.9 Å². The lowest BCUT2D eigenvalue weighted by Crippen LogP contribution is -2.44. The number of nitrogens with zero attached hydrogens (tertiary/aromatic N) is 2. The van der Waals surface area contributed by atoms with E-state index in [2.05, 4.69) is 16.8 Å². The van der Waals surface area contributed by atoms with Gasteiger partial charge in [-0.15, -0.1) is 0 Å². The van der Waals surface area contributed by atoms with Crippen molar-refractivity contribution >= 4 is 17.3 Å². The number of hydrogen-bond acceptors (Lipinski definition) is 3. The lowest BCUT2D eigenvalue weighted by atomic mass is 10.1. The average Bonchev–Trinajstić information content (AvgIpc) is 2.54. The molecule has 5 nitrogen and oxygen atoms in total. The zero-order chi connectivity index (χ0) is 14.8. The maximum Gasteiger partial charge on any atom is 0.259 e. The minimum absolute atomic E-state index is 0.0885. The fraction of sp³-hybridized carbons (Fsp3) is 0.250. The Balaban J connectivity index is 1.98. The van der Waals surface area contributed by atoms with E-state index in [1.165, 1.54) is 12.3 Å². The van der Waals surface area contributed by atoms with E-state index in [0.717, 1.165) is 24.5 Å². The van der Waals surface area contributed by atoms with Gasteiger partial charge in [-0.25, -0.2) is 0 Å². The summed E-state index contributed by atoms with van der Waals surface area (Å²) in [7, 11) is 0. The molecule has 1 N–H and O–H groups in total. The molecule has 0 saturated carbocycles. The quantitative estimate of drug-likeness (QED) is 0.915. The van der Waals surface area contributed by atoms with Gasteiger partial charge in [0.15, 0.2) is 0 Å². The summed E-state index contributed by atoms with van der Waals surface area (Å²) in [5, 5.41) is 0. The number of anilines is 2. The highest BCUT2D eigenvalue weighted by molar-refractivity contribution is 6.08. The normalized spacial score (nSPS) is 14.0. The van der Waals surface area contributed by atoms with E-state index in [0.29, 0.717) is 12.1 Å². The van der Waals surface area contributed by atoms with E-state index in [1.54, 1.807) is 11.0 Å². The number of aromatic nitrogens is 1. The number of carbonyl (C=O) groups is 1. The topological polar surface area (TPSA) is 56.4 Å². The van der Waals surface area contributed by atoms with Crippen LogP contribution in [0.3, 0.4) is 0 Å². The number of rotatable bonds is 2. The third-order valence-electron chi connectivity index (χ3n) is 3.76. The Hall–Kier alpha value is -2.56. The largest absolute Gasteiger partial charge is 0.368 e. The smallest absolute Gasteiger partial charge is 0.259 e. The molecule has 108 valence electrons. The molecule has 1 aliphatic heterocycles. The van der Waals surface area contributed by atoms with Crippen LogP contribution < -0.4 is 15.4 Å². The van der Waals surface area contributed by atoms with Gasteiger partial charge >= 0.3 is 0 Å². The van der Waals surface area contributed by atoms with Crippen LogP contribution in [0.25, 0.3) is 0 Å². The summed E-state index contributed by atoms with van der Waals surface area (Å²) in [4.78, 5) is 30.3. The lowest BCUT2D eigenvalue weighted by molar-refractivity contribution is 0.0986. The molecule has 1 aromatic heterocycles. The Kier molecular flexibility index (Phi) is 3.48. The van der Waals surface area contributed by atoms with Crippen LogP contribution in [-0.4, -0.2) is 30.5 Å². The Labute approximate surface area is 122 Å². The van der Waals surface area contributed by atoms with Crippen LogP contribution in [0, 0.1) is 0 Å². The number of H-pyrrole nitrogens is 1. The summed E-state index contributed by atoms with van der Waals surface area (Å²) in [6, 6.07) is 10.9. The van der Waals surface area contributed by atoms with Gasteiger partial charge in [-0.1, -0.05) is 12.1 Å². The maximum atomic E-state index is 12.7. The summed E-state index contributed by atoms with van der Waals surface area (Å²) in [5.41, 5.74) is 2.28. The van der Waals surface area contributed by atoms with Crippen molar-refractivity contribution in [2.24, 2.45) is 0 Å². The fourth-order valence-electron chi connectivity index (χ4n) is 2.66. The second-order valence-corrected chi connectivity index (χ2v) is 4.97. The van der Waals surface area contributed by atoms with Crippen LogP contribution in [0.15, 0.2) is 47.4 Å². The first-order valence-corrected chi connectivity index (χ1v) is 7.05. The van der Waals surface area contributed by atoms with Crippen LogP contribution >= 0.6 is 0 Å². The second-order valence-electron chi connectivity index (χ2n) is 4.97. The van der Waals surface area contributed by atoms with E-state index in [4.69, 9.17) is 0 Å². The van der Waals surface area contributed by atoms with Gasteiger partial charge in [-0.05, 0) is 25.1 Å². The number of pyridine rings is 1. The molecule has 5 heteroatoms. The molecule has 21 heavy (non-hydrogen) atoms. The van der Waals surface area contributed by atoms with E-state index < -0.39 is 0 Å². The minimum atomic E-state index is -0.206. The summed E-state index contributed by atoms with van der Waals surface area (Å²) < 4.78 is 0. The number of para-hydroxylation sites is 2. The monoisotopic (exact) mass is 283 g/mol. The first-order valence-electron chi connectivity index (χ1n) is 7.05. The van der Waals surface area contributed by atoms with Crippen molar-refractivity contribution in [3.8, 4) is 0 Å². The summed E-state index contributed by atoms with van der Waals surface area (Å²) in [6.07, 6.45) is 1.47. The number of nitrogens with one attached hydrogen (secondary N) is 1. The average molecular weight is 283 g/mol. The van der Waals surface area contributed by atoms with Gasteiger partial charge in [0.2, 0.25) is 5.56 Å². The number of aromatic amines is 1. The molecule has 0 bridgehead atoms. The summed E-state index contributed by atoms with van der Waals surface area (Å²) in [5.74, 6) is -0.0885. The van der Waals surface area contributed by atoms with Gasteiger partial charge in [0.25, 0.3) is 5.91 Å². The predicted octanol–water partition coefficient (Wildman–Crippen LogP) is 1.86. The molecular formula is C16H17N3O2. The van der Waals surface area contributed by atoms with E-state index in [1.807, 2.05) is 24.3 Å². The van der Waals surface area contributed by atoms with Crippen molar-refractivity contribution in [2.45, 2.75) is 6.92 Å². The van der Waals surface area contributed by atoms with E-state index >= 15 is 0 Å². The molecule has 2 heterocycles. The molecule has 1 aromatic carbocycles. The molecule has 2 aromatic rings. The van der Waals surface area contributed by atoms with Crippen LogP contribution in [0.2, 0.25) is 0 Å². The van der Waals surface area contributed by atoms with Crippen LogP contribution in [0.1, 0.15) is 17.3 Å². The van der Waals surface area contributed by atoms with E-state index in [-0.39, 0.29) is 11.5 Å². The number of benzene rings is 1. The van der Waals surface area contributed by atoms with Crippen LogP contribution in [-0.2, 0) is 0 Å². The fourth-order valence-corrected chi connectivity index (χ4v) is 2.66. The zero-order valence-electron chi connectivity index (χ0n) is 11.9. The van der Waals surface area contributed by atoms with Gasteiger partial charge in [0.1, 0.15) is 0 Å². The molecule has 1 amide bonds. The highest BCUT2D eigenvalue weighted by Crippen LogP contribution is 2.33. The SMILES string of the molecule is CCN1CCN(C(=O)c2ccc(=O)[nH]c2)c2ccccc21. The number of likely N-dealkylation sites (N-methyl/N-ethyl adjacent to an activating group) is 1. The first kappa shape index (κ1) is 13.4. The molecule has 0 atom stereocenters. The van der Waals surface area contributed by atoms with Gasteiger partial charge < -0.3 is 14.8 Å². The Bertz CT molecular complexity index is 703. The summed E-state index contributed by atoms with van der Waals surface area (Å²) in [6.45, 7) is 4.47. The zero-order valence-corrected chi connectivity index (χ0v) is 11.9. The predicted molar refractivity (Wildman–Crippen MR) is 83.1 cm³/mol. The molecule has 0 radical (unpaired) electrons. The van der Waals surface area contributed by atoms with Crippen LogP contribution in [0.5, 0.6) is 0 Å². The Morgan fingerprint density at radius 3 is 2.57 bits per heavy atom. The van der Waals surface area contributed by atoms with Crippen molar-refractivity contribution in [2.75, 3.05) is 29.4 Å². The molecular weight excluding hydrogens is 266 g/mol. The highest BCUT2D eigenvalue weighted by Gasteiger charge is 2.26. The molecule has 1 aliphatic rings. The molecule has 0 saturated heterocycles. The third-order valence-corrected chi connectivity index (χ3v) is 3.76. The first-order chi connectivity index (χ1) is 10.2. The maximum absolute atomic E-state index is 12.7. The second kappa shape index (κ2) is 5.44. The van der Waals surface area contributed by atoms with Crippen molar-refractivity contribution < 1.29 is 4.79 Å². The van der Waals surface area contributed by atoms with Crippen molar-refractivity contribution in [1.29, 1.82) is 0 Å². The summed E-state index contributed by atoms with van der Waals surface area (Å²) >= 11 is 0. The third kappa shape index (κ3) is 2.42. The Morgan fingerprint density at radius 2 is 1.90 bits per heavy atom. The van der Waals surface area contributed by atoms with E-state index in [9.17, 15) is 9.59 Å². The van der Waals surface area contributed by atoms with Crippen molar-refractivity contribution in [3.05, 3.63) is 58.5 Å². The Morgan fingerprint density at radius 1 is 1.14 bits per heavy atom. The molecule has 0 fully saturated rings. The molecule has 3 rings (SSSR count). The van der Waals surface area contributed by atoms with Gasteiger partial charge in [-0.3, -0.25) is 9.59 Å². The number of amides is 1. The minimum Gasteiger partial charge on any atom is -0.368 e. The van der Waals surface area contributed by atoms with Gasteiger partial charge in [0.05, 0.1) is 16.9 Å². The molecule has 0 spiro atoms. The molecule has 0 unspecified atom stereocenters.